The molecule has 0 heterocycles. The maximum Gasteiger partial charge on any atom is 0.322 e. The van der Waals surface area contributed by atoms with E-state index in [-0.39, 0.29) is 11.8 Å². The van der Waals surface area contributed by atoms with E-state index >= 15 is 0 Å². The van der Waals surface area contributed by atoms with Crippen LogP contribution in [0.4, 0.5) is 0 Å². The molecule has 0 amide bonds. The molecule has 1 fully saturated rings. The Balaban J connectivity index is 1.66. The molecule has 0 aliphatic heterocycles. The first-order valence-electron chi connectivity index (χ1n) is 10.4. The van der Waals surface area contributed by atoms with E-state index in [0.29, 0.717) is 30.9 Å². The molecule has 3 aliphatic rings. The molecule has 3 aliphatic carbocycles. The molecule has 0 saturated heterocycles. The van der Waals surface area contributed by atoms with E-state index < -0.39 is 17.1 Å². The molecule has 0 bridgehead atoms. The zero-order valence-electron chi connectivity index (χ0n) is 17.7. The van der Waals surface area contributed by atoms with Gasteiger partial charge in [-0.2, -0.15) is 0 Å². The van der Waals surface area contributed by atoms with Crippen LogP contribution in [0.1, 0.15) is 66.7 Å². The summed E-state index contributed by atoms with van der Waals surface area (Å²) in [6.45, 7) is 10.1. The summed E-state index contributed by atoms with van der Waals surface area (Å²) in [6, 6.07) is -0.571. The Hall–Kier alpha value is -1.72. The highest BCUT2D eigenvalue weighted by molar-refractivity contribution is 6.10. The maximum atomic E-state index is 12.9. The molecule has 154 valence electrons. The van der Waals surface area contributed by atoms with E-state index in [9.17, 15) is 14.7 Å². The van der Waals surface area contributed by atoms with Crippen LogP contribution in [-0.4, -0.2) is 35.1 Å². The number of carbonyl (C=O) groups excluding carboxylic acids is 2. The molecular formula is C23H33NO4. The van der Waals surface area contributed by atoms with Crippen LogP contribution >= 0.6 is 0 Å². The van der Waals surface area contributed by atoms with Crippen molar-refractivity contribution in [2.24, 2.45) is 17.1 Å². The lowest BCUT2D eigenvalue weighted by atomic mass is 9.67. The highest BCUT2D eigenvalue weighted by Gasteiger charge is 2.64. The SMILES string of the molecule is CC1=C(CCCOC(=O)[C@H](N)CC(C)C)C2=C(C)C3(CC3)[C@@](C)(O)C(=O)C2=C1. The molecule has 3 rings (SSSR count). The average Bonchev–Trinajstić information content (AvgIpc) is 3.36. The molecule has 1 spiro atoms. The molecule has 0 aromatic carbocycles. The molecular weight excluding hydrogens is 354 g/mol. The topological polar surface area (TPSA) is 89.6 Å². The minimum Gasteiger partial charge on any atom is -0.465 e. The van der Waals surface area contributed by atoms with E-state index in [1.54, 1.807) is 6.92 Å². The molecule has 0 unspecified atom stereocenters. The van der Waals surface area contributed by atoms with E-state index in [0.717, 1.165) is 41.6 Å². The van der Waals surface area contributed by atoms with Gasteiger partial charge in [0.2, 0.25) is 0 Å². The van der Waals surface area contributed by atoms with E-state index in [1.807, 2.05) is 26.8 Å². The fourth-order valence-corrected chi connectivity index (χ4v) is 4.87. The number of ketones is 1. The molecule has 1 saturated carbocycles. The Morgan fingerprint density at radius 3 is 2.54 bits per heavy atom. The van der Waals surface area contributed by atoms with Crippen molar-refractivity contribution in [1.82, 2.24) is 0 Å². The predicted molar refractivity (Wildman–Crippen MR) is 108 cm³/mol. The van der Waals surface area contributed by atoms with Gasteiger partial charge in [0.25, 0.3) is 0 Å². The van der Waals surface area contributed by atoms with Gasteiger partial charge in [0.1, 0.15) is 11.6 Å². The molecule has 3 N–H and O–H groups in total. The van der Waals surface area contributed by atoms with Crippen molar-refractivity contribution >= 4 is 11.8 Å². The third-order valence-corrected chi connectivity index (χ3v) is 6.71. The normalized spacial score (nSPS) is 26.7. The number of fused-ring (bicyclic) bond motifs is 1. The van der Waals surface area contributed by atoms with E-state index in [4.69, 9.17) is 10.5 Å². The minimum absolute atomic E-state index is 0.161. The number of hydrogen-bond donors (Lipinski definition) is 2. The summed E-state index contributed by atoms with van der Waals surface area (Å²) in [4.78, 5) is 24.9. The molecule has 0 aromatic rings. The van der Waals surface area contributed by atoms with Gasteiger partial charge >= 0.3 is 5.97 Å². The smallest absolute Gasteiger partial charge is 0.322 e. The second-order valence-electron chi connectivity index (χ2n) is 9.21. The number of allylic oxidation sites excluding steroid dienone is 4. The number of Topliss-reactive ketones (excluding diaryl/α,β-unsaturated/α-hetero) is 1. The van der Waals surface area contributed by atoms with Crippen LogP contribution in [0.15, 0.2) is 33.9 Å². The van der Waals surface area contributed by atoms with Gasteiger partial charge in [0.15, 0.2) is 5.78 Å². The summed E-state index contributed by atoms with van der Waals surface area (Å²) >= 11 is 0. The van der Waals surface area contributed by atoms with Crippen molar-refractivity contribution in [3.63, 3.8) is 0 Å². The standard InChI is InChI=1S/C23H33NO4/c1-13(2)11-18(24)21(26)28-10-6-7-16-14(3)12-17-19(16)15(4)23(8-9-23)22(5,27)20(17)25/h12-13,18,27H,6-11,24H2,1-5H3/t18-,22+/m1/s1. The Labute approximate surface area is 167 Å². The number of nitrogens with two attached hydrogens (primary N) is 1. The number of rotatable bonds is 7. The van der Waals surface area contributed by atoms with Gasteiger partial charge in [-0.3, -0.25) is 9.59 Å². The first-order valence-corrected chi connectivity index (χ1v) is 10.4. The van der Waals surface area contributed by atoms with Crippen molar-refractivity contribution in [2.75, 3.05) is 6.61 Å². The van der Waals surface area contributed by atoms with Gasteiger partial charge in [-0.25, -0.2) is 0 Å². The van der Waals surface area contributed by atoms with Crippen molar-refractivity contribution in [2.45, 2.75) is 78.4 Å². The van der Waals surface area contributed by atoms with Crippen LogP contribution in [-0.2, 0) is 14.3 Å². The quantitative estimate of drug-likeness (QED) is 0.516. The van der Waals surface area contributed by atoms with Crippen molar-refractivity contribution < 1.29 is 19.4 Å². The van der Waals surface area contributed by atoms with E-state index in [1.165, 1.54) is 0 Å². The largest absolute Gasteiger partial charge is 0.465 e. The zero-order valence-corrected chi connectivity index (χ0v) is 17.7. The molecule has 28 heavy (non-hydrogen) atoms. The Morgan fingerprint density at radius 2 is 1.96 bits per heavy atom. The first-order chi connectivity index (χ1) is 13.0. The fourth-order valence-electron chi connectivity index (χ4n) is 4.87. The second-order valence-corrected chi connectivity index (χ2v) is 9.21. The summed E-state index contributed by atoms with van der Waals surface area (Å²) < 4.78 is 5.34. The van der Waals surface area contributed by atoms with Crippen LogP contribution in [0.5, 0.6) is 0 Å². The Morgan fingerprint density at radius 1 is 1.32 bits per heavy atom. The van der Waals surface area contributed by atoms with Gasteiger partial charge in [0, 0.05) is 11.0 Å². The van der Waals surface area contributed by atoms with Crippen LogP contribution in [0.2, 0.25) is 0 Å². The maximum absolute atomic E-state index is 12.9. The van der Waals surface area contributed by atoms with Gasteiger partial charge in [-0.05, 0) is 81.6 Å². The van der Waals surface area contributed by atoms with Gasteiger partial charge < -0.3 is 15.6 Å². The Bertz CT molecular complexity index is 793. The highest BCUT2D eigenvalue weighted by atomic mass is 16.5. The summed E-state index contributed by atoms with van der Waals surface area (Å²) in [7, 11) is 0. The second kappa shape index (κ2) is 7.27. The molecule has 0 radical (unpaired) electrons. The number of carbonyl (C=O) groups is 2. The lowest BCUT2D eigenvalue weighted by molar-refractivity contribution is -0.145. The van der Waals surface area contributed by atoms with Crippen molar-refractivity contribution in [1.29, 1.82) is 0 Å². The van der Waals surface area contributed by atoms with Crippen molar-refractivity contribution in [3.8, 4) is 0 Å². The fraction of sp³-hybridized carbons (Fsp3) is 0.652. The molecule has 0 aromatic heterocycles. The zero-order chi connectivity index (χ0) is 20.9. The molecule has 2 atom stereocenters. The lowest BCUT2D eigenvalue weighted by Gasteiger charge is -2.39. The monoisotopic (exact) mass is 387 g/mol. The van der Waals surface area contributed by atoms with E-state index in [2.05, 4.69) is 6.92 Å². The number of hydrogen-bond acceptors (Lipinski definition) is 5. The van der Waals surface area contributed by atoms with Crippen LogP contribution in [0.3, 0.4) is 0 Å². The van der Waals surface area contributed by atoms with Gasteiger partial charge in [0.05, 0.1) is 6.61 Å². The predicted octanol–water partition coefficient (Wildman–Crippen LogP) is 3.37. The molecule has 5 nitrogen and oxygen atoms in total. The summed E-state index contributed by atoms with van der Waals surface area (Å²) in [5.41, 5.74) is 9.15. The first kappa shape index (κ1) is 21.0. The third-order valence-electron chi connectivity index (χ3n) is 6.71. The summed E-state index contributed by atoms with van der Waals surface area (Å²) in [5.74, 6) is -0.157. The Kier molecular flexibility index (Phi) is 5.45. The average molecular weight is 388 g/mol. The van der Waals surface area contributed by atoms with Crippen LogP contribution < -0.4 is 5.73 Å². The molecule has 5 heteroatoms. The number of esters is 1. The van der Waals surface area contributed by atoms with Crippen molar-refractivity contribution in [3.05, 3.63) is 33.9 Å². The number of ether oxygens (including phenoxy) is 1. The lowest BCUT2D eigenvalue weighted by Crippen LogP contribution is -2.49. The highest BCUT2D eigenvalue weighted by Crippen LogP contribution is 2.65. The van der Waals surface area contributed by atoms with Gasteiger partial charge in [-0.15, -0.1) is 0 Å². The summed E-state index contributed by atoms with van der Waals surface area (Å²) in [5, 5.41) is 10.9. The third kappa shape index (κ3) is 3.29. The van der Waals surface area contributed by atoms with Crippen LogP contribution in [0, 0.1) is 11.3 Å². The van der Waals surface area contributed by atoms with Crippen LogP contribution in [0.25, 0.3) is 0 Å². The minimum atomic E-state index is -1.32. The summed E-state index contributed by atoms with van der Waals surface area (Å²) in [6.07, 6.45) is 5.65. The van der Waals surface area contributed by atoms with Gasteiger partial charge in [-0.1, -0.05) is 19.4 Å². The number of aliphatic hydroxyl groups is 1.